The van der Waals surface area contributed by atoms with Gasteiger partial charge in [-0.3, -0.25) is 9.69 Å². The Balaban J connectivity index is 1.53. The van der Waals surface area contributed by atoms with Gasteiger partial charge in [-0.05, 0) is 82.9 Å². The fraction of sp³-hybridized carbons (Fsp3) is 0.212. The molecule has 9 heteroatoms. The third-order valence-electron chi connectivity index (χ3n) is 7.46. The Bertz CT molecular complexity index is 1840. The van der Waals surface area contributed by atoms with Crippen molar-refractivity contribution in [1.82, 2.24) is 30.1 Å². The number of hydrogen-bond donors (Lipinski definition) is 1. The van der Waals surface area contributed by atoms with Gasteiger partial charge in [0.2, 0.25) is 0 Å². The molecule has 1 unspecified atom stereocenters. The summed E-state index contributed by atoms with van der Waals surface area (Å²) in [6.45, 7) is 5.50. The summed E-state index contributed by atoms with van der Waals surface area (Å²) < 4.78 is 12.7. The average Bonchev–Trinajstić information content (AvgIpc) is 3.67. The molecule has 0 spiro atoms. The number of nitrogens with one attached hydrogen (secondary N) is 1. The molecule has 1 atom stereocenters. The highest BCUT2D eigenvalue weighted by atomic mass is 16.5. The molecular weight excluding hydrogens is 528 g/mol. The highest BCUT2D eigenvalue weighted by molar-refractivity contribution is 5.83. The second kappa shape index (κ2) is 11.8. The Hall–Kier alpha value is -5.02. The molecule has 212 valence electrons. The van der Waals surface area contributed by atoms with E-state index < -0.39 is 6.04 Å². The lowest BCUT2D eigenvalue weighted by Gasteiger charge is -2.31. The van der Waals surface area contributed by atoms with E-state index in [1.807, 2.05) is 73.7 Å². The molecule has 3 aromatic carbocycles. The summed E-state index contributed by atoms with van der Waals surface area (Å²) in [7, 11) is 1.65. The number of nitrogens with zero attached hydrogens (tertiary/aromatic N) is 5. The summed E-state index contributed by atoms with van der Waals surface area (Å²) in [6.07, 6.45) is 1.63. The number of benzene rings is 3. The predicted molar refractivity (Wildman–Crippen MR) is 160 cm³/mol. The van der Waals surface area contributed by atoms with E-state index >= 15 is 0 Å². The van der Waals surface area contributed by atoms with Crippen LogP contribution in [0.5, 0.6) is 5.75 Å². The minimum Gasteiger partial charge on any atom is -0.497 e. The number of methoxy groups -OCH3 is 1. The van der Waals surface area contributed by atoms with Crippen molar-refractivity contribution in [2.24, 2.45) is 0 Å². The zero-order valence-corrected chi connectivity index (χ0v) is 23.8. The van der Waals surface area contributed by atoms with Gasteiger partial charge in [0.05, 0.1) is 13.4 Å². The maximum atomic E-state index is 13.9. The van der Waals surface area contributed by atoms with Crippen LogP contribution in [0.3, 0.4) is 0 Å². The number of aryl methyl sites for hydroxylation is 2. The maximum absolute atomic E-state index is 13.9. The van der Waals surface area contributed by atoms with Crippen LogP contribution < -0.4 is 10.3 Å². The quantitative estimate of drug-likeness (QED) is 0.234. The van der Waals surface area contributed by atoms with E-state index in [1.54, 1.807) is 18.1 Å². The minimum atomic E-state index is -0.578. The standard InChI is InChI=1S/C33H32N6O3/c1-22-16-23(2)28-18-29(33(40)34-30(28)17-22)31(32-35-36-37-39(32)21-27-10-7-15-42-27)38(19-24-8-5-4-6-9-24)20-25-11-13-26(41-3)14-12-25/h4-18,31H,19-21H2,1-3H3,(H,34,40). The Morgan fingerprint density at radius 1 is 0.952 bits per heavy atom. The van der Waals surface area contributed by atoms with Crippen LogP contribution in [0.4, 0.5) is 0 Å². The molecule has 0 aliphatic rings. The zero-order chi connectivity index (χ0) is 29.1. The normalized spacial score (nSPS) is 12.2. The number of tetrazole rings is 1. The zero-order valence-electron chi connectivity index (χ0n) is 23.8. The van der Waals surface area contributed by atoms with Gasteiger partial charge >= 0.3 is 0 Å². The van der Waals surface area contributed by atoms with Crippen LogP contribution >= 0.6 is 0 Å². The van der Waals surface area contributed by atoms with Gasteiger partial charge in [0, 0.05) is 29.6 Å². The van der Waals surface area contributed by atoms with Crippen LogP contribution in [0.25, 0.3) is 10.9 Å². The first kappa shape index (κ1) is 27.2. The SMILES string of the molecule is COc1ccc(CN(Cc2ccccc2)C(c2cc3c(C)cc(C)cc3[nH]c2=O)c2nnnn2Cc2ccco2)cc1. The van der Waals surface area contributed by atoms with Crippen molar-refractivity contribution in [2.45, 2.75) is 39.5 Å². The Morgan fingerprint density at radius 3 is 2.43 bits per heavy atom. The van der Waals surface area contributed by atoms with Crippen LogP contribution in [0.15, 0.2) is 100 Å². The first-order valence-electron chi connectivity index (χ1n) is 13.8. The van der Waals surface area contributed by atoms with Gasteiger partial charge in [0.25, 0.3) is 5.56 Å². The van der Waals surface area contributed by atoms with Gasteiger partial charge in [-0.2, -0.15) is 0 Å². The van der Waals surface area contributed by atoms with E-state index in [0.717, 1.165) is 38.9 Å². The molecule has 0 saturated heterocycles. The van der Waals surface area contributed by atoms with E-state index in [-0.39, 0.29) is 5.56 Å². The molecule has 0 bridgehead atoms. The van der Waals surface area contributed by atoms with E-state index in [2.05, 4.69) is 50.5 Å². The molecule has 9 nitrogen and oxygen atoms in total. The molecule has 3 heterocycles. The lowest BCUT2D eigenvalue weighted by molar-refractivity contribution is 0.193. The third kappa shape index (κ3) is 5.73. The van der Waals surface area contributed by atoms with Gasteiger partial charge in [0.15, 0.2) is 5.82 Å². The van der Waals surface area contributed by atoms with Crippen molar-refractivity contribution in [3.05, 3.63) is 141 Å². The second-order valence-electron chi connectivity index (χ2n) is 10.5. The fourth-order valence-electron chi connectivity index (χ4n) is 5.48. The molecule has 0 radical (unpaired) electrons. The molecule has 42 heavy (non-hydrogen) atoms. The highest BCUT2D eigenvalue weighted by Gasteiger charge is 2.31. The summed E-state index contributed by atoms with van der Waals surface area (Å²) in [5.74, 6) is 2.04. The Morgan fingerprint density at radius 2 is 1.71 bits per heavy atom. The minimum absolute atomic E-state index is 0.183. The number of rotatable bonds is 10. The highest BCUT2D eigenvalue weighted by Crippen LogP contribution is 2.31. The summed E-state index contributed by atoms with van der Waals surface area (Å²) in [4.78, 5) is 19.3. The van der Waals surface area contributed by atoms with Gasteiger partial charge < -0.3 is 14.1 Å². The number of aromatic nitrogens is 5. The molecule has 6 rings (SSSR count). The first-order valence-corrected chi connectivity index (χ1v) is 13.8. The summed E-state index contributed by atoms with van der Waals surface area (Å²) >= 11 is 0. The van der Waals surface area contributed by atoms with Gasteiger partial charge in [-0.25, -0.2) is 4.68 Å². The van der Waals surface area contributed by atoms with Crippen LogP contribution in [-0.4, -0.2) is 37.2 Å². The second-order valence-corrected chi connectivity index (χ2v) is 10.5. The number of furan rings is 1. The third-order valence-corrected chi connectivity index (χ3v) is 7.46. The fourth-order valence-corrected chi connectivity index (χ4v) is 5.48. The van der Waals surface area contributed by atoms with Crippen molar-refractivity contribution >= 4 is 10.9 Å². The first-order chi connectivity index (χ1) is 20.5. The number of hydrogen-bond acceptors (Lipinski definition) is 7. The average molecular weight is 561 g/mol. The van der Waals surface area contributed by atoms with E-state index in [4.69, 9.17) is 9.15 Å². The van der Waals surface area contributed by atoms with Gasteiger partial charge in [0.1, 0.15) is 24.1 Å². The summed E-state index contributed by atoms with van der Waals surface area (Å²) in [5, 5.41) is 13.9. The number of H-pyrrole nitrogens is 1. The van der Waals surface area contributed by atoms with Crippen molar-refractivity contribution in [2.75, 3.05) is 7.11 Å². The van der Waals surface area contributed by atoms with Gasteiger partial charge in [-0.15, -0.1) is 5.10 Å². The van der Waals surface area contributed by atoms with E-state index in [9.17, 15) is 4.79 Å². The van der Waals surface area contributed by atoms with Crippen LogP contribution in [0, 0.1) is 13.8 Å². The van der Waals surface area contributed by atoms with Crippen LogP contribution in [0.2, 0.25) is 0 Å². The molecule has 3 aromatic heterocycles. The predicted octanol–water partition coefficient (Wildman–Crippen LogP) is 5.57. The molecule has 6 aromatic rings. The smallest absolute Gasteiger partial charge is 0.253 e. The van der Waals surface area contributed by atoms with Crippen molar-refractivity contribution in [3.63, 3.8) is 0 Å². The largest absolute Gasteiger partial charge is 0.497 e. The van der Waals surface area contributed by atoms with E-state index in [0.29, 0.717) is 36.8 Å². The van der Waals surface area contributed by atoms with Crippen LogP contribution in [0.1, 0.15) is 45.4 Å². The molecule has 0 saturated carbocycles. The lowest BCUT2D eigenvalue weighted by atomic mass is 9.99. The molecule has 0 amide bonds. The lowest BCUT2D eigenvalue weighted by Crippen LogP contribution is -2.35. The van der Waals surface area contributed by atoms with Crippen molar-refractivity contribution in [1.29, 1.82) is 0 Å². The van der Waals surface area contributed by atoms with Gasteiger partial charge in [-0.1, -0.05) is 48.5 Å². The molecule has 0 fully saturated rings. The molecule has 1 N–H and O–H groups in total. The van der Waals surface area contributed by atoms with Crippen molar-refractivity contribution < 1.29 is 9.15 Å². The maximum Gasteiger partial charge on any atom is 0.253 e. The number of ether oxygens (including phenoxy) is 1. The van der Waals surface area contributed by atoms with Crippen molar-refractivity contribution in [3.8, 4) is 5.75 Å². The molecule has 0 aliphatic heterocycles. The Labute approximate surface area is 243 Å². The number of aromatic amines is 1. The summed E-state index contributed by atoms with van der Waals surface area (Å²) in [6, 6.07) is 27.4. The van der Waals surface area contributed by atoms with E-state index in [1.165, 1.54) is 0 Å². The number of fused-ring (bicyclic) bond motifs is 1. The van der Waals surface area contributed by atoms with Crippen LogP contribution in [-0.2, 0) is 19.6 Å². The number of pyridine rings is 1. The monoisotopic (exact) mass is 560 g/mol. The summed E-state index contributed by atoms with van der Waals surface area (Å²) in [5.41, 5.74) is 5.52. The molecular formula is C33H32N6O3. The Kier molecular flexibility index (Phi) is 7.66. The molecule has 0 aliphatic carbocycles. The topological polar surface area (TPSA) is 102 Å².